The van der Waals surface area contributed by atoms with E-state index in [0.717, 1.165) is 43.1 Å². The lowest BCUT2D eigenvalue weighted by Crippen LogP contribution is -2.37. The molecule has 0 bridgehead atoms. The number of anilines is 1. The first-order chi connectivity index (χ1) is 9.67. The summed E-state index contributed by atoms with van der Waals surface area (Å²) in [6.07, 6.45) is 1.83. The van der Waals surface area contributed by atoms with E-state index in [2.05, 4.69) is 11.0 Å². The van der Waals surface area contributed by atoms with Crippen LogP contribution in [0, 0.1) is 5.92 Å². The van der Waals surface area contributed by atoms with Crippen LogP contribution in [0.25, 0.3) is 0 Å². The van der Waals surface area contributed by atoms with Crippen LogP contribution in [0.4, 0.5) is 5.69 Å². The number of ether oxygens (including phenoxy) is 2. The van der Waals surface area contributed by atoms with Crippen molar-refractivity contribution in [3.05, 3.63) is 23.8 Å². The van der Waals surface area contributed by atoms with E-state index in [-0.39, 0.29) is 0 Å². The van der Waals surface area contributed by atoms with Gasteiger partial charge < -0.3 is 19.5 Å². The summed E-state index contributed by atoms with van der Waals surface area (Å²) in [6.45, 7) is 4.58. The minimum Gasteiger partial charge on any atom is -0.496 e. The summed E-state index contributed by atoms with van der Waals surface area (Å²) in [5.41, 5.74) is 1.97. The molecular formula is C16H25NO3. The Hall–Kier alpha value is -1.26. The van der Waals surface area contributed by atoms with Crippen LogP contribution in [0.2, 0.25) is 0 Å². The van der Waals surface area contributed by atoms with E-state index >= 15 is 0 Å². The monoisotopic (exact) mass is 279 g/mol. The quantitative estimate of drug-likeness (QED) is 0.899. The fourth-order valence-electron chi connectivity index (χ4n) is 3.06. The van der Waals surface area contributed by atoms with Gasteiger partial charge >= 0.3 is 0 Å². The number of piperidine rings is 1. The van der Waals surface area contributed by atoms with Gasteiger partial charge in [0.05, 0.1) is 19.8 Å². The molecule has 112 valence electrons. The van der Waals surface area contributed by atoms with Gasteiger partial charge in [0.25, 0.3) is 0 Å². The average molecular weight is 279 g/mol. The maximum absolute atomic E-state index is 10.1. The van der Waals surface area contributed by atoms with E-state index < -0.39 is 6.10 Å². The van der Waals surface area contributed by atoms with Crippen molar-refractivity contribution in [3.8, 4) is 5.75 Å². The Bertz CT molecular complexity index is 432. The van der Waals surface area contributed by atoms with E-state index in [4.69, 9.17) is 9.47 Å². The summed E-state index contributed by atoms with van der Waals surface area (Å²) in [4.78, 5) is 2.34. The van der Waals surface area contributed by atoms with Crippen LogP contribution in [0.5, 0.6) is 5.75 Å². The van der Waals surface area contributed by atoms with Gasteiger partial charge in [0.15, 0.2) is 0 Å². The molecule has 1 N–H and O–H groups in total. The minimum absolute atomic E-state index is 0.538. The summed E-state index contributed by atoms with van der Waals surface area (Å²) in [5, 5.41) is 10.1. The van der Waals surface area contributed by atoms with Gasteiger partial charge in [-0.15, -0.1) is 0 Å². The Labute approximate surface area is 121 Å². The lowest BCUT2D eigenvalue weighted by Gasteiger charge is -2.36. The minimum atomic E-state index is -0.538. The first kappa shape index (κ1) is 15.1. The highest BCUT2D eigenvalue weighted by Gasteiger charge is 2.24. The van der Waals surface area contributed by atoms with Gasteiger partial charge in [0.1, 0.15) is 5.75 Å². The first-order valence-corrected chi connectivity index (χ1v) is 7.26. The van der Waals surface area contributed by atoms with Crippen LogP contribution in [0.15, 0.2) is 18.2 Å². The SMILES string of the molecule is COCC1CCCN(c2cccc(OC)c2[C@H](C)O)C1. The molecule has 1 aliphatic rings. The van der Waals surface area contributed by atoms with E-state index in [1.54, 1.807) is 21.1 Å². The molecule has 2 atom stereocenters. The number of methoxy groups -OCH3 is 2. The van der Waals surface area contributed by atoms with E-state index in [1.165, 1.54) is 6.42 Å². The zero-order chi connectivity index (χ0) is 14.5. The number of hydrogen-bond donors (Lipinski definition) is 1. The van der Waals surface area contributed by atoms with Crippen molar-refractivity contribution in [2.75, 3.05) is 38.8 Å². The molecule has 1 fully saturated rings. The van der Waals surface area contributed by atoms with Crippen LogP contribution in [-0.4, -0.2) is 39.0 Å². The first-order valence-electron chi connectivity index (χ1n) is 7.26. The summed E-state index contributed by atoms with van der Waals surface area (Å²) in [5.74, 6) is 1.31. The number of benzene rings is 1. The highest BCUT2D eigenvalue weighted by molar-refractivity contribution is 5.60. The lowest BCUT2D eigenvalue weighted by molar-refractivity contribution is 0.143. The molecule has 1 aromatic carbocycles. The van der Waals surface area contributed by atoms with Crippen LogP contribution < -0.4 is 9.64 Å². The summed E-state index contributed by atoms with van der Waals surface area (Å²) in [7, 11) is 3.40. The summed E-state index contributed by atoms with van der Waals surface area (Å²) in [6, 6.07) is 5.96. The average Bonchev–Trinajstić information content (AvgIpc) is 2.47. The van der Waals surface area contributed by atoms with Gasteiger partial charge in [-0.1, -0.05) is 6.07 Å². The van der Waals surface area contributed by atoms with Crippen LogP contribution in [-0.2, 0) is 4.74 Å². The van der Waals surface area contributed by atoms with E-state index in [0.29, 0.717) is 5.92 Å². The molecule has 1 aromatic rings. The standard InChI is InChI=1S/C16H25NO3/c1-12(18)16-14(7-4-8-15(16)20-3)17-9-5-6-13(10-17)11-19-2/h4,7-8,12-13,18H,5-6,9-11H2,1-3H3/t12-,13?/m0/s1. The molecule has 0 aliphatic carbocycles. The number of rotatable bonds is 5. The molecule has 0 saturated carbocycles. The fraction of sp³-hybridized carbons (Fsp3) is 0.625. The Kier molecular flexibility index (Phi) is 5.26. The third-order valence-electron chi connectivity index (χ3n) is 3.94. The van der Waals surface area contributed by atoms with Crippen molar-refractivity contribution >= 4 is 5.69 Å². The van der Waals surface area contributed by atoms with Crippen molar-refractivity contribution < 1.29 is 14.6 Å². The maximum atomic E-state index is 10.1. The molecule has 1 aliphatic heterocycles. The Morgan fingerprint density at radius 2 is 2.20 bits per heavy atom. The smallest absolute Gasteiger partial charge is 0.126 e. The highest BCUT2D eigenvalue weighted by atomic mass is 16.5. The molecule has 0 spiro atoms. The predicted molar refractivity (Wildman–Crippen MR) is 80.4 cm³/mol. The van der Waals surface area contributed by atoms with Crippen molar-refractivity contribution in [3.63, 3.8) is 0 Å². The number of nitrogens with zero attached hydrogens (tertiary/aromatic N) is 1. The molecule has 2 rings (SSSR count). The molecule has 1 unspecified atom stereocenters. The summed E-state index contributed by atoms with van der Waals surface area (Å²) < 4.78 is 10.7. The van der Waals surface area contributed by atoms with Crippen LogP contribution in [0.1, 0.15) is 31.4 Å². The Morgan fingerprint density at radius 3 is 2.85 bits per heavy atom. The molecule has 0 radical (unpaired) electrons. The molecular weight excluding hydrogens is 254 g/mol. The Morgan fingerprint density at radius 1 is 1.40 bits per heavy atom. The second-order valence-corrected chi connectivity index (χ2v) is 5.48. The highest BCUT2D eigenvalue weighted by Crippen LogP contribution is 2.36. The molecule has 4 heteroatoms. The molecule has 20 heavy (non-hydrogen) atoms. The number of aliphatic hydroxyl groups is 1. The number of hydrogen-bond acceptors (Lipinski definition) is 4. The molecule has 1 heterocycles. The van der Waals surface area contributed by atoms with Crippen molar-refractivity contribution in [2.24, 2.45) is 5.92 Å². The zero-order valence-electron chi connectivity index (χ0n) is 12.6. The van der Waals surface area contributed by atoms with Gasteiger partial charge in [-0.2, -0.15) is 0 Å². The van der Waals surface area contributed by atoms with Crippen molar-refractivity contribution in [2.45, 2.75) is 25.9 Å². The number of aliphatic hydroxyl groups excluding tert-OH is 1. The maximum Gasteiger partial charge on any atom is 0.126 e. The van der Waals surface area contributed by atoms with Crippen molar-refractivity contribution in [1.82, 2.24) is 0 Å². The third-order valence-corrected chi connectivity index (χ3v) is 3.94. The van der Waals surface area contributed by atoms with Gasteiger partial charge in [-0.25, -0.2) is 0 Å². The Balaban J connectivity index is 2.27. The van der Waals surface area contributed by atoms with Crippen LogP contribution in [0.3, 0.4) is 0 Å². The van der Waals surface area contributed by atoms with Crippen LogP contribution >= 0.6 is 0 Å². The van der Waals surface area contributed by atoms with Gasteiger partial charge in [-0.3, -0.25) is 0 Å². The lowest BCUT2D eigenvalue weighted by atomic mass is 9.96. The normalized spacial score (nSPS) is 20.8. The van der Waals surface area contributed by atoms with Gasteiger partial charge in [0, 0.05) is 31.5 Å². The molecule has 0 aromatic heterocycles. The molecule has 1 saturated heterocycles. The largest absolute Gasteiger partial charge is 0.496 e. The topological polar surface area (TPSA) is 41.9 Å². The second kappa shape index (κ2) is 6.95. The second-order valence-electron chi connectivity index (χ2n) is 5.48. The van der Waals surface area contributed by atoms with Gasteiger partial charge in [0.2, 0.25) is 0 Å². The summed E-state index contributed by atoms with van der Waals surface area (Å²) >= 11 is 0. The fourth-order valence-corrected chi connectivity index (χ4v) is 3.06. The predicted octanol–water partition coefficient (Wildman–Crippen LogP) is 2.61. The van der Waals surface area contributed by atoms with Crippen molar-refractivity contribution in [1.29, 1.82) is 0 Å². The molecule has 4 nitrogen and oxygen atoms in total. The van der Waals surface area contributed by atoms with Gasteiger partial charge in [-0.05, 0) is 37.8 Å². The third kappa shape index (κ3) is 3.25. The van der Waals surface area contributed by atoms with E-state index in [9.17, 15) is 5.11 Å². The molecule has 0 amide bonds. The zero-order valence-corrected chi connectivity index (χ0v) is 12.6. The van der Waals surface area contributed by atoms with E-state index in [1.807, 2.05) is 12.1 Å².